The molecular weight excluding hydrogens is 328 g/mol. The lowest BCUT2D eigenvalue weighted by Crippen LogP contribution is -2.41. The van der Waals surface area contributed by atoms with Crippen LogP contribution in [0.5, 0.6) is 0 Å². The van der Waals surface area contributed by atoms with Crippen molar-refractivity contribution >= 4 is 28.4 Å². The lowest BCUT2D eigenvalue weighted by molar-refractivity contribution is 0.0892. The van der Waals surface area contributed by atoms with Gasteiger partial charge in [0.05, 0.1) is 24.8 Å². The van der Waals surface area contributed by atoms with E-state index in [9.17, 15) is 9.90 Å². The number of ether oxygens (including phenoxy) is 1. The second kappa shape index (κ2) is 8.51. The summed E-state index contributed by atoms with van der Waals surface area (Å²) >= 11 is 6.11. The molecular formula is C18H25ClN2O3. The van der Waals surface area contributed by atoms with E-state index in [0.717, 1.165) is 17.3 Å². The predicted octanol–water partition coefficient (Wildman–Crippen LogP) is 3.08. The van der Waals surface area contributed by atoms with Crippen molar-refractivity contribution in [2.45, 2.75) is 32.9 Å². The Morgan fingerprint density at radius 1 is 1.46 bits per heavy atom. The van der Waals surface area contributed by atoms with E-state index in [2.05, 4.69) is 5.32 Å². The summed E-state index contributed by atoms with van der Waals surface area (Å²) in [4.78, 5) is 12.7. The molecule has 132 valence electrons. The minimum Gasteiger partial charge on any atom is -0.394 e. The van der Waals surface area contributed by atoms with Gasteiger partial charge in [-0.05, 0) is 24.1 Å². The van der Waals surface area contributed by atoms with Gasteiger partial charge in [0.15, 0.2) is 0 Å². The fraction of sp³-hybridized carbons (Fsp3) is 0.500. The molecule has 5 nitrogen and oxygen atoms in total. The van der Waals surface area contributed by atoms with Crippen LogP contribution in [0.3, 0.4) is 0 Å². The highest BCUT2D eigenvalue weighted by Gasteiger charge is 2.21. The van der Waals surface area contributed by atoms with E-state index in [1.165, 1.54) is 0 Å². The van der Waals surface area contributed by atoms with Crippen LogP contribution in [-0.2, 0) is 11.3 Å². The molecule has 0 bridgehead atoms. The van der Waals surface area contributed by atoms with Crippen LogP contribution < -0.4 is 5.32 Å². The van der Waals surface area contributed by atoms with Crippen molar-refractivity contribution < 1.29 is 14.6 Å². The zero-order chi connectivity index (χ0) is 17.7. The molecule has 2 rings (SSSR count). The summed E-state index contributed by atoms with van der Waals surface area (Å²) < 4.78 is 7.12. The summed E-state index contributed by atoms with van der Waals surface area (Å²) in [6.45, 7) is 5.18. The number of halogens is 1. The molecule has 2 aromatic rings. The number of aliphatic hydroxyl groups is 1. The van der Waals surface area contributed by atoms with E-state index in [4.69, 9.17) is 16.3 Å². The van der Waals surface area contributed by atoms with Crippen molar-refractivity contribution in [3.05, 3.63) is 35.0 Å². The Bertz CT molecular complexity index is 699. The van der Waals surface area contributed by atoms with Gasteiger partial charge in [-0.2, -0.15) is 0 Å². The molecule has 0 unspecified atom stereocenters. The molecule has 0 radical (unpaired) electrons. The number of hydrogen-bond acceptors (Lipinski definition) is 3. The number of fused-ring (bicyclic) bond motifs is 1. The van der Waals surface area contributed by atoms with Crippen LogP contribution in [0.2, 0.25) is 5.02 Å². The molecule has 0 saturated heterocycles. The highest BCUT2D eigenvalue weighted by molar-refractivity contribution is 6.31. The lowest BCUT2D eigenvalue weighted by atomic mass is 9.99. The first kappa shape index (κ1) is 18.8. The maximum atomic E-state index is 12.7. The maximum absolute atomic E-state index is 12.7. The summed E-state index contributed by atoms with van der Waals surface area (Å²) in [5.74, 6) is 0.00200. The van der Waals surface area contributed by atoms with Crippen LogP contribution in [0.15, 0.2) is 24.4 Å². The minimum atomic E-state index is -0.265. The average molecular weight is 353 g/mol. The van der Waals surface area contributed by atoms with Gasteiger partial charge in [-0.15, -0.1) is 0 Å². The van der Waals surface area contributed by atoms with Gasteiger partial charge in [0.2, 0.25) is 0 Å². The van der Waals surface area contributed by atoms with Crippen LogP contribution in [0, 0.1) is 5.92 Å². The summed E-state index contributed by atoms with van der Waals surface area (Å²) in [7, 11) is 1.65. The monoisotopic (exact) mass is 352 g/mol. The molecule has 2 atom stereocenters. The molecule has 1 aromatic carbocycles. The number of benzene rings is 1. The molecule has 0 aliphatic carbocycles. The molecule has 1 heterocycles. The highest BCUT2D eigenvalue weighted by atomic mass is 35.5. The quantitative estimate of drug-likeness (QED) is 0.767. The first-order valence-electron chi connectivity index (χ1n) is 8.20. The zero-order valence-corrected chi connectivity index (χ0v) is 15.1. The van der Waals surface area contributed by atoms with Crippen LogP contribution in [-0.4, -0.2) is 41.9 Å². The van der Waals surface area contributed by atoms with Crippen molar-refractivity contribution in [3.63, 3.8) is 0 Å². The number of carbonyl (C=O) groups excluding carboxylic acids is 1. The Hall–Kier alpha value is -1.56. The topological polar surface area (TPSA) is 63.5 Å². The summed E-state index contributed by atoms with van der Waals surface area (Å²) in [5, 5.41) is 13.9. The number of methoxy groups -OCH3 is 1. The van der Waals surface area contributed by atoms with Gasteiger partial charge in [-0.25, -0.2) is 0 Å². The average Bonchev–Trinajstić information content (AvgIpc) is 2.94. The lowest BCUT2D eigenvalue weighted by Gasteiger charge is -2.21. The number of amides is 1. The molecule has 0 aliphatic rings. The Morgan fingerprint density at radius 2 is 2.21 bits per heavy atom. The molecule has 24 heavy (non-hydrogen) atoms. The van der Waals surface area contributed by atoms with Gasteiger partial charge in [-0.1, -0.05) is 31.9 Å². The fourth-order valence-electron chi connectivity index (χ4n) is 2.72. The number of aromatic nitrogens is 1. The third-order valence-electron chi connectivity index (χ3n) is 4.47. The van der Waals surface area contributed by atoms with Crippen molar-refractivity contribution in [1.29, 1.82) is 0 Å². The number of carbonyl (C=O) groups is 1. The van der Waals surface area contributed by atoms with Crippen LogP contribution >= 0.6 is 11.6 Å². The second-order valence-electron chi connectivity index (χ2n) is 6.04. The van der Waals surface area contributed by atoms with Gasteiger partial charge in [-0.3, -0.25) is 4.79 Å². The maximum Gasteiger partial charge on any atom is 0.253 e. The number of hydrogen-bond donors (Lipinski definition) is 2. The Kier molecular flexibility index (Phi) is 6.66. The standard InChI is InChI=1S/C18H25ClN2O3/c1-4-12(2)16(11-22)20-18(23)15-10-21(7-8-24-3)17-6-5-13(19)9-14(15)17/h5-6,9-10,12,16,22H,4,7-8,11H2,1-3H3,(H,20,23)/t12-,16-/m1/s1. The van der Waals surface area contributed by atoms with E-state index in [0.29, 0.717) is 23.7 Å². The number of nitrogens with one attached hydrogen (secondary N) is 1. The van der Waals surface area contributed by atoms with Crippen molar-refractivity contribution in [3.8, 4) is 0 Å². The first-order valence-corrected chi connectivity index (χ1v) is 8.58. The minimum absolute atomic E-state index is 0.0795. The molecule has 1 amide bonds. The Balaban J connectivity index is 2.36. The third-order valence-corrected chi connectivity index (χ3v) is 4.70. The highest BCUT2D eigenvalue weighted by Crippen LogP contribution is 2.25. The van der Waals surface area contributed by atoms with Gasteiger partial charge < -0.3 is 19.7 Å². The van der Waals surface area contributed by atoms with E-state index < -0.39 is 0 Å². The fourth-order valence-corrected chi connectivity index (χ4v) is 2.90. The van der Waals surface area contributed by atoms with Crippen LogP contribution in [0.1, 0.15) is 30.6 Å². The predicted molar refractivity (Wildman–Crippen MR) is 96.6 cm³/mol. The third kappa shape index (κ3) is 4.09. The zero-order valence-electron chi connectivity index (χ0n) is 14.4. The van der Waals surface area contributed by atoms with Gasteiger partial charge in [0.25, 0.3) is 5.91 Å². The molecule has 0 saturated carbocycles. The molecule has 0 fully saturated rings. The van der Waals surface area contributed by atoms with Gasteiger partial charge in [0.1, 0.15) is 0 Å². The van der Waals surface area contributed by atoms with Gasteiger partial charge >= 0.3 is 0 Å². The molecule has 1 aromatic heterocycles. The molecule has 6 heteroatoms. The van der Waals surface area contributed by atoms with Crippen LogP contribution in [0.25, 0.3) is 10.9 Å². The number of rotatable bonds is 8. The normalized spacial score (nSPS) is 13.9. The van der Waals surface area contributed by atoms with Crippen molar-refractivity contribution in [2.75, 3.05) is 20.3 Å². The molecule has 0 aliphatic heterocycles. The van der Waals surface area contributed by atoms with Crippen LogP contribution in [0.4, 0.5) is 0 Å². The van der Waals surface area contributed by atoms with E-state index in [1.807, 2.05) is 36.7 Å². The Labute approximate surface area is 147 Å². The first-order chi connectivity index (χ1) is 11.5. The second-order valence-corrected chi connectivity index (χ2v) is 6.47. The summed E-state index contributed by atoms with van der Waals surface area (Å²) in [6, 6.07) is 5.25. The van der Waals surface area contributed by atoms with E-state index in [-0.39, 0.29) is 24.5 Å². The van der Waals surface area contributed by atoms with Gasteiger partial charge in [0, 0.05) is 35.8 Å². The van der Waals surface area contributed by atoms with E-state index in [1.54, 1.807) is 13.2 Å². The number of nitrogens with zero attached hydrogens (tertiary/aromatic N) is 1. The molecule has 0 spiro atoms. The largest absolute Gasteiger partial charge is 0.394 e. The number of aliphatic hydroxyl groups excluding tert-OH is 1. The smallest absolute Gasteiger partial charge is 0.253 e. The summed E-state index contributed by atoms with van der Waals surface area (Å²) in [5.41, 5.74) is 1.50. The molecule has 2 N–H and O–H groups in total. The van der Waals surface area contributed by atoms with E-state index >= 15 is 0 Å². The van der Waals surface area contributed by atoms with Crippen molar-refractivity contribution in [2.24, 2.45) is 5.92 Å². The Morgan fingerprint density at radius 3 is 2.83 bits per heavy atom. The van der Waals surface area contributed by atoms with Crippen molar-refractivity contribution in [1.82, 2.24) is 9.88 Å². The SMILES string of the molecule is CC[C@@H](C)[C@@H](CO)NC(=O)c1cn(CCOC)c2ccc(Cl)cc12. The summed E-state index contributed by atoms with van der Waals surface area (Å²) in [6.07, 6.45) is 2.70.